The molecule has 4 nitrogen and oxygen atoms in total. The molecule has 0 saturated heterocycles. The Kier molecular flexibility index (Phi) is 8.02. The second-order valence-corrected chi connectivity index (χ2v) is 4.50. The first-order valence-electron chi connectivity index (χ1n) is 6.92. The lowest BCUT2D eigenvalue weighted by Crippen LogP contribution is -2.16. The number of nitrogens with one attached hydrogen (secondary N) is 1. The molecule has 2 N–H and O–H groups in total. The number of methoxy groups -OCH3 is 1. The Morgan fingerprint density at radius 3 is 2.68 bits per heavy atom. The van der Waals surface area contributed by atoms with Gasteiger partial charge in [0.1, 0.15) is 0 Å². The van der Waals surface area contributed by atoms with Crippen molar-refractivity contribution in [3.05, 3.63) is 23.8 Å². The first-order valence-corrected chi connectivity index (χ1v) is 6.92. The van der Waals surface area contributed by atoms with E-state index in [-0.39, 0.29) is 5.75 Å². The summed E-state index contributed by atoms with van der Waals surface area (Å²) < 4.78 is 10.5. The molecule has 0 unspecified atom stereocenters. The number of unbranched alkanes of at least 4 members (excludes halogenated alkanes) is 1. The van der Waals surface area contributed by atoms with E-state index in [0.29, 0.717) is 5.75 Å². The van der Waals surface area contributed by atoms with Crippen LogP contribution < -0.4 is 10.1 Å². The largest absolute Gasteiger partial charge is 0.504 e. The minimum Gasteiger partial charge on any atom is -0.504 e. The van der Waals surface area contributed by atoms with Crippen molar-refractivity contribution in [1.82, 2.24) is 5.32 Å². The van der Waals surface area contributed by atoms with Crippen molar-refractivity contribution >= 4 is 0 Å². The van der Waals surface area contributed by atoms with Gasteiger partial charge in [0.25, 0.3) is 0 Å². The minimum absolute atomic E-state index is 0.185. The maximum atomic E-state index is 9.64. The summed E-state index contributed by atoms with van der Waals surface area (Å²) in [5.74, 6) is 0.692. The highest BCUT2D eigenvalue weighted by Gasteiger charge is 2.01. The SMILES string of the molecule is CCCCOCCCNCc1ccc(OC)c(O)c1. The van der Waals surface area contributed by atoms with Gasteiger partial charge in [-0.15, -0.1) is 0 Å². The number of benzene rings is 1. The molecular formula is C15H25NO3. The summed E-state index contributed by atoms with van der Waals surface area (Å²) >= 11 is 0. The van der Waals surface area contributed by atoms with Crippen molar-refractivity contribution in [1.29, 1.82) is 0 Å². The van der Waals surface area contributed by atoms with Crippen LogP contribution in [0.3, 0.4) is 0 Å². The van der Waals surface area contributed by atoms with E-state index in [0.717, 1.165) is 44.7 Å². The zero-order valence-corrected chi connectivity index (χ0v) is 11.9. The smallest absolute Gasteiger partial charge is 0.160 e. The molecular weight excluding hydrogens is 242 g/mol. The minimum atomic E-state index is 0.185. The normalized spacial score (nSPS) is 10.6. The number of aromatic hydroxyl groups is 1. The van der Waals surface area contributed by atoms with Crippen LogP contribution in [0.2, 0.25) is 0 Å². The summed E-state index contributed by atoms with van der Waals surface area (Å²) in [6.45, 7) is 5.49. The van der Waals surface area contributed by atoms with Crippen LogP contribution in [0.1, 0.15) is 31.7 Å². The fraction of sp³-hybridized carbons (Fsp3) is 0.600. The number of phenolic OH excluding ortho intramolecular Hbond substituents is 1. The monoisotopic (exact) mass is 267 g/mol. The summed E-state index contributed by atoms with van der Waals surface area (Å²) in [7, 11) is 1.55. The summed E-state index contributed by atoms with van der Waals surface area (Å²) in [5, 5.41) is 13.0. The van der Waals surface area contributed by atoms with Gasteiger partial charge in [-0.25, -0.2) is 0 Å². The van der Waals surface area contributed by atoms with Crippen molar-refractivity contribution in [2.24, 2.45) is 0 Å². The molecule has 0 bridgehead atoms. The number of ether oxygens (including phenoxy) is 2. The zero-order chi connectivity index (χ0) is 13.9. The molecule has 1 aromatic rings. The van der Waals surface area contributed by atoms with E-state index in [1.165, 1.54) is 6.42 Å². The van der Waals surface area contributed by atoms with Gasteiger partial charge in [-0.3, -0.25) is 0 Å². The second-order valence-electron chi connectivity index (χ2n) is 4.50. The van der Waals surface area contributed by atoms with Crippen LogP contribution in [0.15, 0.2) is 18.2 Å². The molecule has 0 aliphatic rings. The van der Waals surface area contributed by atoms with Crippen molar-refractivity contribution in [2.75, 3.05) is 26.9 Å². The number of phenols is 1. The molecule has 1 rings (SSSR count). The van der Waals surface area contributed by atoms with Gasteiger partial charge in [-0.05, 0) is 37.1 Å². The zero-order valence-electron chi connectivity index (χ0n) is 11.9. The average molecular weight is 267 g/mol. The Hall–Kier alpha value is -1.26. The lowest BCUT2D eigenvalue weighted by atomic mass is 10.2. The Balaban J connectivity index is 2.11. The van der Waals surface area contributed by atoms with E-state index in [1.807, 2.05) is 6.07 Å². The molecule has 4 heteroatoms. The predicted octanol–water partition coefficient (Wildman–Crippen LogP) is 2.70. The summed E-state index contributed by atoms with van der Waals surface area (Å²) in [5.41, 5.74) is 1.05. The Morgan fingerprint density at radius 1 is 1.21 bits per heavy atom. The van der Waals surface area contributed by atoms with Crippen molar-refractivity contribution in [3.63, 3.8) is 0 Å². The van der Waals surface area contributed by atoms with Gasteiger partial charge in [0.15, 0.2) is 11.5 Å². The summed E-state index contributed by atoms with van der Waals surface area (Å²) in [6, 6.07) is 5.45. The van der Waals surface area contributed by atoms with E-state index >= 15 is 0 Å². The Bertz CT molecular complexity index is 355. The molecule has 0 aliphatic heterocycles. The van der Waals surface area contributed by atoms with Gasteiger partial charge in [0.05, 0.1) is 7.11 Å². The maximum Gasteiger partial charge on any atom is 0.160 e. The van der Waals surface area contributed by atoms with Crippen LogP contribution >= 0.6 is 0 Å². The topological polar surface area (TPSA) is 50.7 Å². The third-order valence-corrected chi connectivity index (χ3v) is 2.86. The molecule has 0 radical (unpaired) electrons. The average Bonchev–Trinajstić information content (AvgIpc) is 2.42. The standard InChI is InChI=1S/C15H25NO3/c1-3-4-9-19-10-5-8-16-12-13-6-7-15(18-2)14(17)11-13/h6-7,11,16-17H,3-5,8-10,12H2,1-2H3. The van der Waals surface area contributed by atoms with Gasteiger partial charge < -0.3 is 19.9 Å². The molecule has 0 saturated carbocycles. The van der Waals surface area contributed by atoms with E-state index in [2.05, 4.69) is 12.2 Å². The molecule has 108 valence electrons. The van der Waals surface area contributed by atoms with Crippen LogP contribution in [0.25, 0.3) is 0 Å². The molecule has 1 aromatic carbocycles. The quantitative estimate of drug-likeness (QED) is 0.640. The highest BCUT2D eigenvalue weighted by atomic mass is 16.5. The van der Waals surface area contributed by atoms with E-state index in [1.54, 1.807) is 19.2 Å². The van der Waals surface area contributed by atoms with Crippen LogP contribution in [-0.4, -0.2) is 32.0 Å². The van der Waals surface area contributed by atoms with Crippen LogP contribution in [0, 0.1) is 0 Å². The molecule has 0 spiro atoms. The number of hydrogen-bond acceptors (Lipinski definition) is 4. The summed E-state index contributed by atoms with van der Waals surface area (Å²) in [6.07, 6.45) is 3.32. The van der Waals surface area contributed by atoms with Crippen molar-refractivity contribution < 1.29 is 14.6 Å². The van der Waals surface area contributed by atoms with Crippen LogP contribution in [0.4, 0.5) is 0 Å². The lowest BCUT2D eigenvalue weighted by Gasteiger charge is -2.08. The fourth-order valence-corrected chi connectivity index (χ4v) is 1.73. The molecule has 19 heavy (non-hydrogen) atoms. The van der Waals surface area contributed by atoms with Crippen molar-refractivity contribution in [3.8, 4) is 11.5 Å². The van der Waals surface area contributed by atoms with Crippen molar-refractivity contribution in [2.45, 2.75) is 32.7 Å². The Labute approximate surface area is 115 Å². The van der Waals surface area contributed by atoms with E-state index < -0.39 is 0 Å². The Morgan fingerprint density at radius 2 is 2.00 bits per heavy atom. The first-order chi connectivity index (χ1) is 9.27. The third-order valence-electron chi connectivity index (χ3n) is 2.86. The van der Waals surface area contributed by atoms with Crippen LogP contribution in [0.5, 0.6) is 11.5 Å². The van der Waals surface area contributed by atoms with E-state index in [9.17, 15) is 5.11 Å². The van der Waals surface area contributed by atoms with Gasteiger partial charge in [0, 0.05) is 19.8 Å². The molecule has 0 aliphatic carbocycles. The number of rotatable bonds is 10. The van der Waals surface area contributed by atoms with Gasteiger partial charge in [0.2, 0.25) is 0 Å². The lowest BCUT2D eigenvalue weighted by molar-refractivity contribution is 0.129. The molecule has 0 amide bonds. The van der Waals surface area contributed by atoms with Gasteiger partial charge in [-0.1, -0.05) is 19.4 Å². The van der Waals surface area contributed by atoms with Gasteiger partial charge >= 0.3 is 0 Å². The summed E-state index contributed by atoms with van der Waals surface area (Å²) in [4.78, 5) is 0. The molecule has 0 aromatic heterocycles. The van der Waals surface area contributed by atoms with E-state index in [4.69, 9.17) is 9.47 Å². The first kappa shape index (κ1) is 15.8. The van der Waals surface area contributed by atoms with Crippen LogP contribution in [-0.2, 0) is 11.3 Å². The maximum absolute atomic E-state index is 9.64. The number of hydrogen-bond donors (Lipinski definition) is 2. The molecule has 0 heterocycles. The van der Waals surface area contributed by atoms with Gasteiger partial charge in [-0.2, -0.15) is 0 Å². The second kappa shape index (κ2) is 9.64. The predicted molar refractivity (Wildman–Crippen MR) is 76.7 cm³/mol. The highest BCUT2D eigenvalue weighted by Crippen LogP contribution is 2.25. The molecule has 0 fully saturated rings. The third kappa shape index (κ3) is 6.45. The highest BCUT2D eigenvalue weighted by molar-refractivity contribution is 5.41. The molecule has 0 atom stereocenters. The fourth-order valence-electron chi connectivity index (χ4n) is 1.73.